The summed E-state index contributed by atoms with van der Waals surface area (Å²) < 4.78 is 63.5. The zero-order valence-electron chi connectivity index (χ0n) is 16.2. The predicted octanol–water partition coefficient (Wildman–Crippen LogP) is 4.64. The van der Waals surface area contributed by atoms with Crippen molar-refractivity contribution in [2.75, 3.05) is 10.6 Å². The summed E-state index contributed by atoms with van der Waals surface area (Å²) in [5.41, 5.74) is 0.334. The molecule has 3 rings (SSSR count). The van der Waals surface area contributed by atoms with E-state index < -0.39 is 30.0 Å². The molecule has 0 fully saturated rings. The van der Waals surface area contributed by atoms with Gasteiger partial charge in [-0.15, -0.1) is 0 Å². The van der Waals surface area contributed by atoms with E-state index in [-0.39, 0.29) is 22.6 Å². The number of carbonyl (C=O) groups excluding carboxylic acids is 1. The highest BCUT2D eigenvalue weighted by Crippen LogP contribution is 2.36. The number of aromatic nitrogens is 2. The van der Waals surface area contributed by atoms with Crippen LogP contribution in [0.15, 0.2) is 48.8 Å². The quantitative estimate of drug-likeness (QED) is 0.469. The van der Waals surface area contributed by atoms with Gasteiger partial charge in [-0.05, 0) is 36.8 Å². The number of nitrogens with one attached hydrogen (secondary N) is 2. The lowest BCUT2D eigenvalue weighted by molar-refractivity contribution is -0.267. The van der Waals surface area contributed by atoms with Crippen LogP contribution in [-0.2, 0) is 4.79 Å². The monoisotopic (exact) mass is 454 g/mol. The first-order chi connectivity index (χ1) is 14.9. The minimum absolute atomic E-state index is 0.0316. The van der Waals surface area contributed by atoms with Crippen LogP contribution in [0.1, 0.15) is 28.9 Å². The van der Waals surface area contributed by atoms with Crippen molar-refractivity contribution < 1.29 is 36.6 Å². The van der Waals surface area contributed by atoms with Crippen molar-refractivity contribution in [3.05, 3.63) is 59.9 Å². The van der Waals surface area contributed by atoms with Crippen LogP contribution in [0.2, 0.25) is 0 Å². The van der Waals surface area contributed by atoms with E-state index in [0.717, 1.165) is 0 Å². The molecule has 3 aromatic rings. The Labute approximate surface area is 177 Å². The molecule has 1 heterocycles. The van der Waals surface area contributed by atoms with Crippen LogP contribution in [0.5, 0.6) is 0 Å². The lowest BCUT2D eigenvalue weighted by Gasteiger charge is -2.20. The van der Waals surface area contributed by atoms with Crippen molar-refractivity contribution in [3.8, 4) is 0 Å². The van der Waals surface area contributed by atoms with Crippen molar-refractivity contribution in [2.24, 2.45) is 0 Å². The van der Waals surface area contributed by atoms with Gasteiger partial charge in [-0.25, -0.2) is 14.8 Å². The molecule has 32 heavy (non-hydrogen) atoms. The molecular weight excluding hydrogens is 439 g/mol. The number of hydrogen-bond donors (Lipinski definition) is 3. The normalized spacial score (nSPS) is 12.9. The number of carbonyl (C=O) groups is 2. The molecule has 1 atom stereocenters. The van der Waals surface area contributed by atoms with E-state index in [2.05, 4.69) is 15.3 Å². The van der Waals surface area contributed by atoms with E-state index in [9.17, 15) is 36.6 Å². The number of anilines is 2. The lowest BCUT2D eigenvalue weighted by Crippen LogP contribution is -2.47. The van der Waals surface area contributed by atoms with Gasteiger partial charge in [-0.1, -0.05) is 18.2 Å². The van der Waals surface area contributed by atoms with E-state index in [1.165, 1.54) is 36.7 Å². The van der Waals surface area contributed by atoms with Crippen LogP contribution in [0.4, 0.5) is 33.5 Å². The lowest BCUT2D eigenvalue weighted by atomic mass is 10.1. The van der Waals surface area contributed by atoms with Crippen LogP contribution in [0, 0.1) is 0 Å². The molecule has 0 saturated carbocycles. The summed E-state index contributed by atoms with van der Waals surface area (Å²) in [4.78, 5) is 30.9. The van der Waals surface area contributed by atoms with E-state index in [1.54, 1.807) is 24.4 Å². The number of aromatic carboxylic acids is 1. The van der Waals surface area contributed by atoms with Crippen LogP contribution in [0.3, 0.4) is 0 Å². The standard InChI is InChI=1S/C20H15F5N4O3/c1-10(28-16-13-6-3-7-14(17(30)31)15(13)26-9-27-16)11-4-2-5-12(8-11)29-18(32)19(21,22)20(23,24)25/h2-10H,1H3,(H,29,32)(H,30,31)(H,26,27,28). The molecule has 7 nitrogen and oxygen atoms in total. The van der Waals surface area contributed by atoms with Gasteiger partial charge in [-0.2, -0.15) is 22.0 Å². The van der Waals surface area contributed by atoms with Gasteiger partial charge >= 0.3 is 24.0 Å². The maximum absolute atomic E-state index is 13.2. The van der Waals surface area contributed by atoms with Gasteiger partial charge in [-0.3, -0.25) is 4.79 Å². The third-order valence-corrected chi connectivity index (χ3v) is 4.53. The van der Waals surface area contributed by atoms with Crippen LogP contribution in [0.25, 0.3) is 10.9 Å². The van der Waals surface area contributed by atoms with Gasteiger partial charge in [0, 0.05) is 11.1 Å². The molecule has 0 saturated heterocycles. The summed E-state index contributed by atoms with van der Waals surface area (Å²) in [5, 5.41) is 14.3. The number of amides is 1. The number of fused-ring (bicyclic) bond motifs is 1. The largest absolute Gasteiger partial charge is 0.478 e. The van der Waals surface area contributed by atoms with Crippen molar-refractivity contribution >= 4 is 34.3 Å². The Kier molecular flexibility index (Phi) is 5.97. The summed E-state index contributed by atoms with van der Waals surface area (Å²) in [6, 6.07) is 9.27. The molecule has 2 aromatic carbocycles. The second-order valence-corrected chi connectivity index (χ2v) is 6.75. The molecule has 1 unspecified atom stereocenters. The zero-order chi connectivity index (χ0) is 23.7. The summed E-state index contributed by atoms with van der Waals surface area (Å²) in [6.45, 7) is 1.65. The van der Waals surface area contributed by atoms with E-state index >= 15 is 0 Å². The maximum Gasteiger partial charge on any atom is 0.463 e. The first-order valence-corrected chi connectivity index (χ1v) is 9.01. The number of rotatable bonds is 6. The molecule has 1 aromatic heterocycles. The summed E-state index contributed by atoms with van der Waals surface area (Å²) in [5.74, 6) is -8.93. The highest BCUT2D eigenvalue weighted by atomic mass is 19.4. The Morgan fingerprint density at radius 1 is 1.03 bits per heavy atom. The Bertz CT molecular complexity index is 1180. The number of benzene rings is 2. The minimum Gasteiger partial charge on any atom is -0.478 e. The summed E-state index contributed by atoms with van der Waals surface area (Å²) >= 11 is 0. The molecule has 0 bridgehead atoms. The second-order valence-electron chi connectivity index (χ2n) is 6.75. The molecule has 0 spiro atoms. The molecule has 0 aliphatic heterocycles. The highest BCUT2D eigenvalue weighted by Gasteiger charge is 2.63. The van der Waals surface area contributed by atoms with Gasteiger partial charge < -0.3 is 15.7 Å². The molecule has 12 heteroatoms. The fraction of sp³-hybridized carbons (Fsp3) is 0.200. The first-order valence-electron chi connectivity index (χ1n) is 9.01. The summed E-state index contributed by atoms with van der Waals surface area (Å²) in [6.07, 6.45) is -4.86. The predicted molar refractivity (Wildman–Crippen MR) is 105 cm³/mol. The number of para-hydroxylation sites is 1. The van der Waals surface area contributed by atoms with Crippen molar-refractivity contribution in [1.29, 1.82) is 0 Å². The van der Waals surface area contributed by atoms with Crippen molar-refractivity contribution in [2.45, 2.75) is 25.1 Å². The average Bonchev–Trinajstić information content (AvgIpc) is 2.72. The van der Waals surface area contributed by atoms with Gasteiger partial charge in [0.25, 0.3) is 0 Å². The van der Waals surface area contributed by atoms with Crippen LogP contribution >= 0.6 is 0 Å². The van der Waals surface area contributed by atoms with E-state index in [0.29, 0.717) is 10.9 Å². The SMILES string of the molecule is CC(Nc1ncnc2c(C(=O)O)cccc12)c1cccc(NC(=O)C(F)(F)C(F)(F)F)c1. The fourth-order valence-corrected chi connectivity index (χ4v) is 2.89. The van der Waals surface area contributed by atoms with Gasteiger partial charge in [0.05, 0.1) is 17.1 Å². The molecule has 0 aliphatic carbocycles. The molecule has 1 amide bonds. The smallest absolute Gasteiger partial charge is 0.463 e. The van der Waals surface area contributed by atoms with Gasteiger partial charge in [0.1, 0.15) is 12.1 Å². The Hall–Kier alpha value is -3.83. The van der Waals surface area contributed by atoms with E-state index in [1.807, 2.05) is 0 Å². The van der Waals surface area contributed by atoms with Crippen LogP contribution < -0.4 is 10.6 Å². The molecular formula is C20H15F5N4O3. The number of nitrogens with zero attached hydrogens (tertiary/aromatic N) is 2. The topological polar surface area (TPSA) is 104 Å². The average molecular weight is 454 g/mol. The van der Waals surface area contributed by atoms with Gasteiger partial charge in [0.2, 0.25) is 0 Å². The molecule has 0 radical (unpaired) electrons. The Morgan fingerprint density at radius 2 is 1.72 bits per heavy atom. The third kappa shape index (κ3) is 4.43. The zero-order valence-corrected chi connectivity index (χ0v) is 16.2. The number of halogens is 5. The number of carboxylic acid groups (broad SMARTS) is 1. The number of carboxylic acids is 1. The molecule has 0 aliphatic rings. The fourth-order valence-electron chi connectivity index (χ4n) is 2.89. The number of alkyl halides is 5. The van der Waals surface area contributed by atoms with Crippen molar-refractivity contribution in [3.63, 3.8) is 0 Å². The highest BCUT2D eigenvalue weighted by molar-refractivity contribution is 6.04. The number of hydrogen-bond acceptors (Lipinski definition) is 5. The third-order valence-electron chi connectivity index (χ3n) is 4.53. The molecule has 3 N–H and O–H groups in total. The minimum atomic E-state index is -6.02. The molecule has 168 valence electrons. The Morgan fingerprint density at radius 3 is 2.38 bits per heavy atom. The van der Waals surface area contributed by atoms with Crippen molar-refractivity contribution in [1.82, 2.24) is 9.97 Å². The Balaban J connectivity index is 1.85. The summed E-state index contributed by atoms with van der Waals surface area (Å²) in [7, 11) is 0. The first kappa shape index (κ1) is 22.8. The van der Waals surface area contributed by atoms with Crippen LogP contribution in [-0.4, -0.2) is 39.0 Å². The van der Waals surface area contributed by atoms with E-state index in [4.69, 9.17) is 0 Å². The maximum atomic E-state index is 13.2. The van der Waals surface area contributed by atoms with Gasteiger partial charge in [0.15, 0.2) is 0 Å². The second kappa shape index (κ2) is 8.36.